The summed E-state index contributed by atoms with van der Waals surface area (Å²) in [5, 5.41) is 4.62. The average molecular weight is 228 g/mol. The Bertz CT molecular complexity index is 301. The summed E-state index contributed by atoms with van der Waals surface area (Å²) in [7, 11) is 1.74. The number of aryl methyl sites for hydroxylation is 1. The molecule has 0 amide bonds. The Labute approximate surface area is 95.9 Å². The molecule has 15 heavy (non-hydrogen) atoms. The fraction of sp³-hybridized carbons (Fsp3) is 0.727. The summed E-state index contributed by atoms with van der Waals surface area (Å²) in [5.41, 5.74) is 0. The highest BCUT2D eigenvalue weighted by molar-refractivity contribution is 7.11. The van der Waals surface area contributed by atoms with Crippen LogP contribution < -0.4 is 5.32 Å². The monoisotopic (exact) mass is 228 g/mol. The average Bonchev–Trinajstić information content (AvgIpc) is 2.63. The number of hydrogen-bond acceptors (Lipinski definition) is 4. The van der Waals surface area contributed by atoms with Crippen LogP contribution >= 0.6 is 11.3 Å². The predicted octanol–water partition coefficient (Wildman–Crippen LogP) is 2.53. The molecule has 0 radical (unpaired) electrons. The van der Waals surface area contributed by atoms with Crippen molar-refractivity contribution in [3.05, 3.63) is 16.1 Å². The number of nitrogens with zero attached hydrogens (tertiary/aromatic N) is 1. The SMILES string of the molecule is COC(C)C(C)NC(C)c1ncc(C)s1. The Kier molecular flexibility index (Phi) is 4.70. The molecule has 0 saturated carbocycles. The maximum atomic E-state index is 5.27. The molecule has 86 valence electrons. The van der Waals surface area contributed by atoms with Gasteiger partial charge in [0.15, 0.2) is 0 Å². The smallest absolute Gasteiger partial charge is 0.109 e. The lowest BCUT2D eigenvalue weighted by molar-refractivity contribution is 0.0852. The van der Waals surface area contributed by atoms with Gasteiger partial charge in [0.05, 0.1) is 12.1 Å². The molecule has 0 aromatic carbocycles. The minimum atomic E-state index is 0.216. The minimum absolute atomic E-state index is 0.216. The quantitative estimate of drug-likeness (QED) is 0.841. The Morgan fingerprint density at radius 2 is 2.07 bits per heavy atom. The van der Waals surface area contributed by atoms with Gasteiger partial charge in [0.25, 0.3) is 0 Å². The number of aromatic nitrogens is 1. The Hall–Kier alpha value is -0.450. The Morgan fingerprint density at radius 3 is 2.53 bits per heavy atom. The van der Waals surface area contributed by atoms with E-state index in [1.165, 1.54) is 4.88 Å². The maximum Gasteiger partial charge on any atom is 0.109 e. The number of nitrogens with one attached hydrogen (secondary N) is 1. The van der Waals surface area contributed by atoms with Crippen LogP contribution in [0.2, 0.25) is 0 Å². The van der Waals surface area contributed by atoms with Crippen LogP contribution in [0, 0.1) is 6.92 Å². The first-order valence-electron chi connectivity index (χ1n) is 5.25. The molecule has 0 bridgehead atoms. The molecule has 1 aromatic rings. The van der Waals surface area contributed by atoms with E-state index in [1.54, 1.807) is 18.4 Å². The molecule has 0 spiro atoms. The van der Waals surface area contributed by atoms with Gasteiger partial charge in [-0.05, 0) is 27.7 Å². The second-order valence-corrected chi connectivity index (χ2v) is 5.19. The third-order valence-electron chi connectivity index (χ3n) is 2.60. The molecular formula is C11H20N2OS. The molecule has 3 atom stereocenters. The van der Waals surface area contributed by atoms with Crippen LogP contribution in [0.15, 0.2) is 6.20 Å². The largest absolute Gasteiger partial charge is 0.380 e. The van der Waals surface area contributed by atoms with Crippen LogP contribution in [0.4, 0.5) is 0 Å². The summed E-state index contributed by atoms with van der Waals surface area (Å²) in [6, 6.07) is 0.616. The standard InChI is InChI=1S/C11H20N2OS/c1-7-6-12-11(15-7)9(3)13-8(2)10(4)14-5/h6,8-10,13H,1-5H3. The van der Waals surface area contributed by atoms with E-state index in [0.29, 0.717) is 6.04 Å². The first-order chi connectivity index (χ1) is 7.04. The molecule has 0 aliphatic rings. The van der Waals surface area contributed by atoms with Crippen LogP contribution in [-0.2, 0) is 4.74 Å². The summed E-state index contributed by atoms with van der Waals surface area (Å²) in [4.78, 5) is 5.62. The molecule has 1 aromatic heterocycles. The fourth-order valence-electron chi connectivity index (χ4n) is 1.38. The molecule has 1 rings (SSSR count). The molecular weight excluding hydrogens is 208 g/mol. The summed E-state index contributed by atoms with van der Waals surface area (Å²) in [5.74, 6) is 0. The van der Waals surface area contributed by atoms with Gasteiger partial charge in [-0.25, -0.2) is 4.98 Å². The van der Waals surface area contributed by atoms with Crippen molar-refractivity contribution in [1.29, 1.82) is 0 Å². The van der Waals surface area contributed by atoms with Crippen molar-refractivity contribution in [2.45, 2.75) is 45.9 Å². The molecule has 0 aliphatic carbocycles. The van der Waals surface area contributed by atoms with Crippen molar-refractivity contribution in [2.75, 3.05) is 7.11 Å². The van der Waals surface area contributed by atoms with E-state index in [1.807, 2.05) is 6.20 Å². The highest BCUT2D eigenvalue weighted by Crippen LogP contribution is 2.19. The second kappa shape index (κ2) is 5.58. The number of thiazole rings is 1. The van der Waals surface area contributed by atoms with Gasteiger partial charge in [0.1, 0.15) is 5.01 Å². The minimum Gasteiger partial charge on any atom is -0.380 e. The highest BCUT2D eigenvalue weighted by atomic mass is 32.1. The second-order valence-electron chi connectivity index (χ2n) is 3.93. The third-order valence-corrected chi connectivity index (χ3v) is 3.69. The van der Waals surface area contributed by atoms with E-state index >= 15 is 0 Å². The van der Waals surface area contributed by atoms with Crippen LogP contribution in [0.1, 0.15) is 36.7 Å². The van der Waals surface area contributed by atoms with Gasteiger partial charge >= 0.3 is 0 Å². The topological polar surface area (TPSA) is 34.1 Å². The summed E-state index contributed by atoms with van der Waals surface area (Å²) in [6.07, 6.45) is 2.14. The maximum absolute atomic E-state index is 5.27. The van der Waals surface area contributed by atoms with Crippen molar-refractivity contribution in [3.63, 3.8) is 0 Å². The van der Waals surface area contributed by atoms with Crippen LogP contribution in [0.5, 0.6) is 0 Å². The van der Waals surface area contributed by atoms with Crippen LogP contribution in [0.3, 0.4) is 0 Å². The molecule has 1 N–H and O–H groups in total. The van der Waals surface area contributed by atoms with E-state index in [2.05, 4.69) is 38.0 Å². The van der Waals surface area contributed by atoms with Crippen LogP contribution in [-0.4, -0.2) is 24.2 Å². The van der Waals surface area contributed by atoms with Crippen molar-refractivity contribution in [3.8, 4) is 0 Å². The third kappa shape index (κ3) is 3.55. The van der Waals surface area contributed by atoms with E-state index < -0.39 is 0 Å². The number of rotatable bonds is 5. The van der Waals surface area contributed by atoms with Crippen molar-refractivity contribution >= 4 is 11.3 Å². The van der Waals surface area contributed by atoms with Gasteiger partial charge in [0, 0.05) is 24.2 Å². The van der Waals surface area contributed by atoms with Gasteiger partial charge < -0.3 is 10.1 Å². The van der Waals surface area contributed by atoms with E-state index in [-0.39, 0.29) is 12.1 Å². The summed E-state index contributed by atoms with van der Waals surface area (Å²) >= 11 is 1.74. The normalized spacial score (nSPS) is 17.4. The summed E-state index contributed by atoms with van der Waals surface area (Å²) < 4.78 is 5.27. The Morgan fingerprint density at radius 1 is 1.40 bits per heavy atom. The number of ether oxygens (including phenoxy) is 1. The predicted molar refractivity (Wildman–Crippen MR) is 64.3 cm³/mol. The van der Waals surface area contributed by atoms with Gasteiger partial charge in [0.2, 0.25) is 0 Å². The highest BCUT2D eigenvalue weighted by Gasteiger charge is 2.16. The zero-order chi connectivity index (χ0) is 11.4. The zero-order valence-corrected chi connectivity index (χ0v) is 10.9. The fourth-order valence-corrected chi connectivity index (χ4v) is 2.16. The lowest BCUT2D eigenvalue weighted by Crippen LogP contribution is -2.38. The number of methoxy groups -OCH3 is 1. The van der Waals surface area contributed by atoms with Crippen molar-refractivity contribution in [2.24, 2.45) is 0 Å². The molecule has 1 heterocycles. The van der Waals surface area contributed by atoms with E-state index in [4.69, 9.17) is 4.74 Å². The van der Waals surface area contributed by atoms with Gasteiger partial charge in [-0.2, -0.15) is 0 Å². The molecule has 4 heteroatoms. The van der Waals surface area contributed by atoms with Crippen molar-refractivity contribution < 1.29 is 4.74 Å². The van der Waals surface area contributed by atoms with Crippen LogP contribution in [0.25, 0.3) is 0 Å². The molecule has 0 aliphatic heterocycles. The number of hydrogen-bond donors (Lipinski definition) is 1. The van der Waals surface area contributed by atoms with Gasteiger partial charge in [-0.3, -0.25) is 0 Å². The van der Waals surface area contributed by atoms with E-state index in [0.717, 1.165) is 5.01 Å². The zero-order valence-electron chi connectivity index (χ0n) is 10.1. The first kappa shape index (κ1) is 12.6. The lowest BCUT2D eigenvalue weighted by atomic mass is 10.2. The van der Waals surface area contributed by atoms with Gasteiger partial charge in [-0.15, -0.1) is 11.3 Å². The molecule has 3 nitrogen and oxygen atoms in total. The van der Waals surface area contributed by atoms with Crippen molar-refractivity contribution in [1.82, 2.24) is 10.3 Å². The van der Waals surface area contributed by atoms with Gasteiger partial charge in [-0.1, -0.05) is 0 Å². The molecule has 0 fully saturated rings. The van der Waals surface area contributed by atoms with E-state index in [9.17, 15) is 0 Å². The first-order valence-corrected chi connectivity index (χ1v) is 6.07. The molecule has 3 unspecified atom stereocenters. The Balaban J connectivity index is 2.52. The summed E-state index contributed by atoms with van der Waals surface area (Å²) in [6.45, 7) is 8.41. The molecule has 0 saturated heterocycles. The lowest BCUT2D eigenvalue weighted by Gasteiger charge is -2.23.